The minimum atomic E-state index is -0.468. The molecule has 34 heavy (non-hydrogen) atoms. The van der Waals surface area contributed by atoms with Gasteiger partial charge in [-0.05, 0) is 29.8 Å². The molecule has 2 heterocycles. The van der Waals surface area contributed by atoms with E-state index in [-0.39, 0.29) is 11.6 Å². The topological polar surface area (TPSA) is 115 Å². The van der Waals surface area contributed by atoms with Crippen molar-refractivity contribution in [3.63, 3.8) is 0 Å². The Labute approximate surface area is 196 Å². The summed E-state index contributed by atoms with van der Waals surface area (Å²) < 4.78 is 5.38. The van der Waals surface area contributed by atoms with Gasteiger partial charge in [-0.1, -0.05) is 42.5 Å². The number of fused-ring (bicyclic) bond motifs is 1. The summed E-state index contributed by atoms with van der Waals surface area (Å²) in [4.78, 5) is 39.9. The van der Waals surface area contributed by atoms with E-state index in [1.54, 1.807) is 60.0 Å². The summed E-state index contributed by atoms with van der Waals surface area (Å²) >= 11 is 1.22. The molecule has 1 amide bonds. The van der Waals surface area contributed by atoms with Crippen LogP contribution in [0.4, 0.5) is 10.8 Å². The molecule has 8 nitrogen and oxygen atoms in total. The number of nitro groups is 1. The van der Waals surface area contributed by atoms with Crippen LogP contribution in [-0.4, -0.2) is 15.8 Å². The number of non-ortho nitro benzene ring substituents is 1. The second-order valence-corrected chi connectivity index (χ2v) is 8.22. The van der Waals surface area contributed by atoms with Crippen LogP contribution in [0.25, 0.3) is 33.4 Å². The number of para-hydroxylation sites is 1. The fourth-order valence-corrected chi connectivity index (χ4v) is 4.19. The van der Waals surface area contributed by atoms with Crippen LogP contribution in [-0.2, 0) is 0 Å². The lowest BCUT2D eigenvalue weighted by molar-refractivity contribution is -0.384. The van der Waals surface area contributed by atoms with E-state index < -0.39 is 10.5 Å². The Morgan fingerprint density at radius 2 is 1.76 bits per heavy atom. The molecule has 0 spiro atoms. The molecule has 0 aliphatic rings. The fourth-order valence-electron chi connectivity index (χ4n) is 3.48. The number of hydrogen-bond donors (Lipinski definition) is 1. The molecular weight excluding hydrogens is 454 g/mol. The van der Waals surface area contributed by atoms with Crippen LogP contribution in [0, 0.1) is 10.1 Å². The quantitative estimate of drug-likeness (QED) is 0.199. The number of nitrogens with zero attached hydrogens (tertiary/aromatic N) is 2. The highest BCUT2D eigenvalue weighted by Crippen LogP contribution is 2.28. The Bertz CT molecular complexity index is 1610. The van der Waals surface area contributed by atoms with E-state index in [2.05, 4.69) is 10.3 Å². The van der Waals surface area contributed by atoms with Crippen molar-refractivity contribution < 1.29 is 14.1 Å². The van der Waals surface area contributed by atoms with Crippen molar-refractivity contribution in [1.82, 2.24) is 4.98 Å². The summed E-state index contributed by atoms with van der Waals surface area (Å²) in [6.07, 6.45) is 0. The summed E-state index contributed by atoms with van der Waals surface area (Å²) in [6, 6.07) is 21.8. The average molecular weight is 469 g/mol. The minimum Gasteiger partial charge on any atom is -0.422 e. The third-order valence-electron chi connectivity index (χ3n) is 5.18. The van der Waals surface area contributed by atoms with Crippen molar-refractivity contribution in [2.45, 2.75) is 0 Å². The average Bonchev–Trinajstić information content (AvgIpc) is 3.32. The maximum atomic E-state index is 12.7. The minimum absolute atomic E-state index is 0.0309. The first kappa shape index (κ1) is 21.2. The van der Waals surface area contributed by atoms with Gasteiger partial charge in [-0.15, -0.1) is 11.3 Å². The molecule has 0 radical (unpaired) electrons. The predicted molar refractivity (Wildman–Crippen MR) is 130 cm³/mol. The highest BCUT2D eigenvalue weighted by molar-refractivity contribution is 7.14. The van der Waals surface area contributed by atoms with Crippen LogP contribution in [0.1, 0.15) is 10.4 Å². The SMILES string of the molecule is O=C(Nc1nc(-c2cccc([N+](=O)[O-])c2)cs1)c1ccc(-c2cc3ccccc3oc2=O)cc1. The number of amides is 1. The smallest absolute Gasteiger partial charge is 0.344 e. The van der Waals surface area contributed by atoms with E-state index in [9.17, 15) is 19.7 Å². The predicted octanol–water partition coefficient (Wildman–Crippen LogP) is 5.74. The first-order valence-electron chi connectivity index (χ1n) is 10.1. The second-order valence-electron chi connectivity index (χ2n) is 7.36. The molecule has 0 fully saturated rings. The summed E-state index contributed by atoms with van der Waals surface area (Å²) in [5, 5.41) is 16.6. The van der Waals surface area contributed by atoms with Crippen LogP contribution in [0.2, 0.25) is 0 Å². The van der Waals surface area contributed by atoms with E-state index >= 15 is 0 Å². The summed E-state index contributed by atoms with van der Waals surface area (Å²) in [6.45, 7) is 0. The molecule has 166 valence electrons. The van der Waals surface area contributed by atoms with Crippen LogP contribution >= 0.6 is 11.3 Å². The van der Waals surface area contributed by atoms with Gasteiger partial charge in [0.25, 0.3) is 11.6 Å². The van der Waals surface area contributed by atoms with E-state index in [4.69, 9.17) is 4.42 Å². The number of carbonyl (C=O) groups is 1. The normalized spacial score (nSPS) is 10.8. The van der Waals surface area contributed by atoms with Gasteiger partial charge in [0, 0.05) is 34.0 Å². The van der Waals surface area contributed by atoms with Crippen LogP contribution in [0.3, 0.4) is 0 Å². The summed E-state index contributed by atoms with van der Waals surface area (Å²) in [5.74, 6) is -0.364. The first-order chi connectivity index (χ1) is 16.5. The zero-order valence-corrected chi connectivity index (χ0v) is 18.2. The molecule has 0 bridgehead atoms. The van der Waals surface area contributed by atoms with Crippen LogP contribution < -0.4 is 10.9 Å². The zero-order chi connectivity index (χ0) is 23.7. The molecule has 5 rings (SSSR count). The molecule has 2 aromatic heterocycles. The highest BCUT2D eigenvalue weighted by Gasteiger charge is 2.14. The molecule has 9 heteroatoms. The number of aromatic nitrogens is 1. The maximum absolute atomic E-state index is 12.7. The number of benzene rings is 3. The van der Waals surface area contributed by atoms with Crippen LogP contribution in [0.5, 0.6) is 0 Å². The molecule has 1 N–H and O–H groups in total. The van der Waals surface area contributed by atoms with Crippen molar-refractivity contribution in [3.8, 4) is 22.4 Å². The zero-order valence-electron chi connectivity index (χ0n) is 17.4. The lowest BCUT2D eigenvalue weighted by atomic mass is 10.0. The van der Waals surface area contributed by atoms with E-state index in [1.165, 1.54) is 23.5 Å². The van der Waals surface area contributed by atoms with Gasteiger partial charge in [-0.3, -0.25) is 20.2 Å². The molecule has 0 saturated heterocycles. The number of carbonyl (C=O) groups excluding carboxylic acids is 1. The molecule has 0 saturated carbocycles. The molecule has 5 aromatic rings. The van der Waals surface area contributed by atoms with Crippen LogP contribution in [0.15, 0.2) is 93.5 Å². The molecule has 0 atom stereocenters. The molecule has 0 unspecified atom stereocenters. The lowest BCUT2D eigenvalue weighted by Gasteiger charge is -2.05. The third-order valence-corrected chi connectivity index (χ3v) is 5.93. The number of nitro benzene ring substituents is 1. The van der Waals surface area contributed by atoms with Crippen molar-refractivity contribution >= 4 is 39.0 Å². The lowest BCUT2D eigenvalue weighted by Crippen LogP contribution is -2.11. The van der Waals surface area contributed by atoms with Crippen molar-refractivity contribution in [3.05, 3.63) is 110 Å². The van der Waals surface area contributed by atoms with Gasteiger partial charge >= 0.3 is 5.63 Å². The largest absolute Gasteiger partial charge is 0.422 e. The maximum Gasteiger partial charge on any atom is 0.344 e. The van der Waals surface area contributed by atoms with Gasteiger partial charge in [0.2, 0.25) is 0 Å². The van der Waals surface area contributed by atoms with E-state index in [0.29, 0.717) is 38.7 Å². The van der Waals surface area contributed by atoms with Gasteiger partial charge in [0.15, 0.2) is 5.13 Å². The Morgan fingerprint density at radius 1 is 0.971 bits per heavy atom. The number of thiazole rings is 1. The number of nitrogens with one attached hydrogen (secondary N) is 1. The molecule has 0 aliphatic carbocycles. The van der Waals surface area contributed by atoms with Gasteiger partial charge in [0.05, 0.1) is 16.2 Å². The first-order valence-corrected chi connectivity index (χ1v) is 11.0. The van der Waals surface area contributed by atoms with Crippen molar-refractivity contribution in [2.75, 3.05) is 5.32 Å². The Balaban J connectivity index is 1.34. The molecule has 3 aromatic carbocycles. The Hall–Kier alpha value is -4.63. The van der Waals surface area contributed by atoms with Gasteiger partial charge in [0.1, 0.15) is 5.58 Å². The van der Waals surface area contributed by atoms with E-state index in [1.807, 2.05) is 12.1 Å². The number of rotatable bonds is 5. The van der Waals surface area contributed by atoms with E-state index in [0.717, 1.165) is 5.39 Å². The monoisotopic (exact) mass is 469 g/mol. The highest BCUT2D eigenvalue weighted by atomic mass is 32.1. The van der Waals surface area contributed by atoms with Crippen molar-refractivity contribution in [2.24, 2.45) is 0 Å². The van der Waals surface area contributed by atoms with Gasteiger partial charge in [-0.2, -0.15) is 0 Å². The van der Waals surface area contributed by atoms with Gasteiger partial charge in [-0.25, -0.2) is 9.78 Å². The Kier molecular flexibility index (Phi) is 5.44. The third kappa shape index (κ3) is 4.19. The Morgan fingerprint density at radius 3 is 2.56 bits per heavy atom. The fraction of sp³-hybridized carbons (Fsp3) is 0. The number of hydrogen-bond acceptors (Lipinski definition) is 7. The summed E-state index contributed by atoms with van der Waals surface area (Å²) in [7, 11) is 0. The van der Waals surface area contributed by atoms with Crippen molar-refractivity contribution in [1.29, 1.82) is 0 Å². The van der Waals surface area contributed by atoms with Gasteiger partial charge < -0.3 is 4.42 Å². The standard InChI is InChI=1S/C25H15N3O5S/c29-23(27-25-26-21(14-34-25)17-5-3-6-19(12-17)28(31)32)16-10-8-15(9-11-16)20-13-18-4-1-2-7-22(18)33-24(20)30/h1-14H,(H,26,27,29). The second kappa shape index (κ2) is 8.72. The number of anilines is 1. The molecule has 0 aliphatic heterocycles. The summed E-state index contributed by atoms with van der Waals surface area (Å²) in [5.41, 5.74) is 2.59. The molecular formula is C25H15N3O5S.